The third-order valence-electron chi connectivity index (χ3n) is 4.30. The van der Waals surface area contributed by atoms with Crippen LogP contribution >= 0.6 is 11.9 Å². The van der Waals surface area contributed by atoms with E-state index < -0.39 is 5.97 Å². The minimum Gasteiger partial charge on any atom is -0.512 e. The number of carbonyl (C=O) groups is 1. The first kappa shape index (κ1) is 21.8. The van der Waals surface area contributed by atoms with Crippen molar-refractivity contribution in [3.8, 4) is 0 Å². The van der Waals surface area contributed by atoms with Gasteiger partial charge in [-0.2, -0.15) is 0 Å². The number of aromatic nitrogens is 1. The molecule has 0 bridgehead atoms. The fourth-order valence-electron chi connectivity index (χ4n) is 2.88. The first-order valence-corrected chi connectivity index (χ1v) is 10.3. The molecule has 1 aliphatic rings. The number of esters is 1. The summed E-state index contributed by atoms with van der Waals surface area (Å²) in [4.78, 5) is 16.5. The van der Waals surface area contributed by atoms with E-state index in [0.717, 1.165) is 21.8 Å². The Labute approximate surface area is 171 Å². The van der Waals surface area contributed by atoms with Crippen molar-refractivity contribution >= 4 is 23.6 Å². The van der Waals surface area contributed by atoms with Crippen LogP contribution in [0.15, 0.2) is 59.0 Å². The predicted octanol–water partition coefficient (Wildman–Crippen LogP) is 5.79. The maximum atomic E-state index is 12.2. The zero-order chi connectivity index (χ0) is 20.7. The molecule has 0 aliphatic carbocycles. The predicted molar refractivity (Wildman–Crippen MR) is 114 cm³/mol. The molecule has 0 radical (unpaired) electrons. The number of nitrogens with one attached hydrogen (secondary N) is 1. The van der Waals surface area contributed by atoms with Crippen molar-refractivity contribution in [2.75, 3.05) is 4.72 Å². The number of hydrogen-bond acceptors (Lipinski definition) is 6. The molecule has 3 rings (SSSR count). The van der Waals surface area contributed by atoms with Gasteiger partial charge >= 0.3 is 5.97 Å². The van der Waals surface area contributed by atoms with Crippen LogP contribution in [-0.2, 0) is 9.53 Å². The van der Waals surface area contributed by atoms with Crippen LogP contribution in [0.3, 0.4) is 0 Å². The molecule has 0 spiro atoms. The first-order chi connectivity index (χ1) is 13.4. The summed E-state index contributed by atoms with van der Waals surface area (Å²) in [5.41, 5.74) is 3.29. The second kappa shape index (κ2) is 10.2. The molecule has 1 aromatic carbocycles. The van der Waals surface area contributed by atoms with Gasteiger partial charge in [0.15, 0.2) is 0 Å². The Bertz CT molecular complexity index is 834. The van der Waals surface area contributed by atoms with Crippen LogP contribution in [-0.4, -0.2) is 22.2 Å². The lowest BCUT2D eigenvalue weighted by atomic mass is 9.89. The van der Waals surface area contributed by atoms with Crippen LogP contribution in [0.2, 0.25) is 0 Å². The van der Waals surface area contributed by atoms with Crippen LogP contribution in [0.1, 0.15) is 51.2 Å². The monoisotopic (exact) mass is 400 g/mol. The van der Waals surface area contributed by atoms with Gasteiger partial charge in [-0.3, -0.25) is 0 Å². The van der Waals surface area contributed by atoms with Crippen molar-refractivity contribution in [2.24, 2.45) is 0 Å². The first-order valence-electron chi connectivity index (χ1n) is 9.52. The lowest BCUT2D eigenvalue weighted by Gasteiger charge is -2.25. The number of anilines is 1. The molecule has 1 aliphatic heterocycles. The summed E-state index contributed by atoms with van der Waals surface area (Å²) >= 11 is 1.43. The second-order valence-corrected chi connectivity index (χ2v) is 7.33. The van der Waals surface area contributed by atoms with Crippen LogP contribution in [0.25, 0.3) is 0 Å². The van der Waals surface area contributed by atoms with E-state index in [-0.39, 0.29) is 17.8 Å². The molecular formula is C22H28N2O3S. The van der Waals surface area contributed by atoms with Gasteiger partial charge in [0, 0.05) is 36.2 Å². The summed E-state index contributed by atoms with van der Waals surface area (Å²) in [7, 11) is 0. The average Bonchev–Trinajstić information content (AvgIpc) is 2.68. The van der Waals surface area contributed by atoms with Crippen molar-refractivity contribution in [3.63, 3.8) is 0 Å². The topological polar surface area (TPSA) is 71.4 Å². The normalized spacial score (nSPS) is 17.3. The highest BCUT2D eigenvalue weighted by atomic mass is 32.2. The molecule has 6 heteroatoms. The molecule has 28 heavy (non-hydrogen) atoms. The SMILES string of the molecule is CC.Cc1ccc(SNc2cccc(C(C)C3=C(O)CC(C)OC3=O)c2)nc1. The van der Waals surface area contributed by atoms with Gasteiger partial charge in [-0.15, -0.1) is 0 Å². The smallest absolute Gasteiger partial charge is 0.338 e. The van der Waals surface area contributed by atoms with Crippen molar-refractivity contribution in [1.82, 2.24) is 4.98 Å². The van der Waals surface area contributed by atoms with Gasteiger partial charge in [0.2, 0.25) is 0 Å². The molecule has 2 heterocycles. The van der Waals surface area contributed by atoms with Crippen LogP contribution in [0.5, 0.6) is 0 Å². The van der Waals surface area contributed by atoms with E-state index in [4.69, 9.17) is 4.74 Å². The third-order valence-corrected chi connectivity index (χ3v) is 5.09. The maximum absolute atomic E-state index is 12.2. The fourth-order valence-corrected chi connectivity index (χ4v) is 3.47. The maximum Gasteiger partial charge on any atom is 0.338 e. The minimum absolute atomic E-state index is 0.123. The molecule has 2 atom stereocenters. The lowest BCUT2D eigenvalue weighted by molar-refractivity contribution is -0.146. The van der Waals surface area contributed by atoms with E-state index in [2.05, 4.69) is 9.71 Å². The Balaban J connectivity index is 0.00000136. The standard InChI is InChI=1S/C20H22N2O3S.C2H6/c1-12-7-8-18(21-11-12)26-22-16-6-4-5-15(10-16)14(3)19-17(23)9-13(2)25-20(19)24;1-2/h4-8,10-11,13-14,22-23H,9H2,1-3H3;1-2H3. The fraction of sp³-hybridized carbons (Fsp3) is 0.364. The molecule has 5 nitrogen and oxygen atoms in total. The molecular weight excluding hydrogens is 372 g/mol. The van der Waals surface area contributed by atoms with E-state index in [0.29, 0.717) is 12.0 Å². The van der Waals surface area contributed by atoms with Gasteiger partial charge in [-0.25, -0.2) is 9.78 Å². The molecule has 0 saturated heterocycles. The number of aliphatic hydroxyl groups excluding tert-OH is 1. The van der Waals surface area contributed by atoms with Crippen molar-refractivity contribution in [1.29, 1.82) is 0 Å². The van der Waals surface area contributed by atoms with Gasteiger partial charge < -0.3 is 14.6 Å². The lowest BCUT2D eigenvalue weighted by Crippen LogP contribution is -2.26. The number of pyridine rings is 1. The number of cyclic esters (lactones) is 1. The molecule has 1 aromatic heterocycles. The minimum atomic E-state index is -0.439. The third kappa shape index (κ3) is 5.52. The van der Waals surface area contributed by atoms with Crippen LogP contribution < -0.4 is 4.72 Å². The van der Waals surface area contributed by atoms with Crippen molar-refractivity contribution < 1.29 is 14.6 Å². The number of aryl methyl sites for hydroxylation is 1. The zero-order valence-corrected chi connectivity index (χ0v) is 17.8. The summed E-state index contributed by atoms with van der Waals surface area (Å²) in [6.45, 7) is 9.67. The highest BCUT2D eigenvalue weighted by Gasteiger charge is 2.31. The van der Waals surface area contributed by atoms with E-state index in [1.54, 1.807) is 6.92 Å². The van der Waals surface area contributed by atoms with Gasteiger partial charge in [0.25, 0.3) is 0 Å². The summed E-state index contributed by atoms with van der Waals surface area (Å²) in [5, 5.41) is 11.1. The summed E-state index contributed by atoms with van der Waals surface area (Å²) in [6, 6.07) is 11.8. The molecule has 2 N–H and O–H groups in total. The van der Waals surface area contributed by atoms with Gasteiger partial charge in [-0.05, 0) is 43.2 Å². The quantitative estimate of drug-likeness (QED) is 0.489. The summed E-state index contributed by atoms with van der Waals surface area (Å²) in [6.07, 6.45) is 1.90. The Morgan fingerprint density at radius 2 is 2.04 bits per heavy atom. The van der Waals surface area contributed by atoms with Gasteiger partial charge in [-0.1, -0.05) is 39.0 Å². The number of nitrogens with zero attached hydrogens (tertiary/aromatic N) is 1. The van der Waals surface area contributed by atoms with Crippen molar-refractivity contribution in [3.05, 3.63) is 65.1 Å². The van der Waals surface area contributed by atoms with Crippen LogP contribution in [0.4, 0.5) is 5.69 Å². The van der Waals surface area contributed by atoms with E-state index in [9.17, 15) is 9.90 Å². The van der Waals surface area contributed by atoms with Gasteiger partial charge in [0.1, 0.15) is 16.9 Å². The zero-order valence-electron chi connectivity index (χ0n) is 17.0. The van der Waals surface area contributed by atoms with Gasteiger partial charge in [0.05, 0.1) is 5.57 Å². The highest BCUT2D eigenvalue weighted by molar-refractivity contribution is 8.00. The number of carbonyl (C=O) groups excluding carboxylic acids is 1. The van der Waals surface area contributed by atoms with E-state index in [1.165, 1.54) is 11.9 Å². The number of ether oxygens (including phenoxy) is 1. The van der Waals surface area contributed by atoms with Crippen LogP contribution in [0, 0.1) is 6.92 Å². The molecule has 2 aromatic rings. The number of hydrogen-bond donors (Lipinski definition) is 2. The van der Waals surface area contributed by atoms with E-state index in [1.807, 2.05) is 70.3 Å². The Morgan fingerprint density at radius 3 is 2.68 bits per heavy atom. The highest BCUT2D eigenvalue weighted by Crippen LogP contribution is 2.33. The summed E-state index contributed by atoms with van der Waals surface area (Å²) in [5.74, 6) is -0.567. The molecule has 0 amide bonds. The Hall–Kier alpha value is -2.47. The van der Waals surface area contributed by atoms with Crippen molar-refractivity contribution in [2.45, 2.75) is 58.1 Å². The second-order valence-electron chi connectivity index (χ2n) is 6.51. The van der Waals surface area contributed by atoms with E-state index >= 15 is 0 Å². The molecule has 0 saturated carbocycles. The summed E-state index contributed by atoms with van der Waals surface area (Å²) < 4.78 is 8.54. The Morgan fingerprint density at radius 1 is 1.29 bits per heavy atom. The number of aliphatic hydroxyl groups is 1. The molecule has 0 fully saturated rings. The Kier molecular flexibility index (Phi) is 7.93. The largest absolute Gasteiger partial charge is 0.512 e. The number of rotatable bonds is 5. The molecule has 2 unspecified atom stereocenters. The average molecular weight is 401 g/mol. The number of benzene rings is 1. The molecule has 150 valence electrons.